The van der Waals surface area contributed by atoms with Crippen molar-refractivity contribution in [3.05, 3.63) is 196 Å². The minimum Gasteiger partial charge on any atom is -0.478 e. The maximum absolute atomic E-state index is 13.8. The number of rotatable bonds is 8. The fourth-order valence-corrected chi connectivity index (χ4v) is 8.75. The van der Waals surface area contributed by atoms with Crippen LogP contribution in [-0.2, 0) is 25.4 Å². The molecule has 0 saturated carbocycles. The average molecular weight is 1010 g/mol. The lowest BCUT2D eigenvalue weighted by molar-refractivity contribution is -0.137. The molecular formula is C56H54F6N6O5. The number of alkyl halides is 6. The summed E-state index contributed by atoms with van der Waals surface area (Å²) in [5, 5.41) is 12.4. The van der Waals surface area contributed by atoms with Crippen molar-refractivity contribution in [3.8, 4) is 22.5 Å². The topological polar surface area (TPSA) is 122 Å². The number of carbonyl (C=O) groups is 2. The zero-order valence-electron chi connectivity index (χ0n) is 40.8. The lowest BCUT2D eigenvalue weighted by Crippen LogP contribution is -2.35. The molecule has 0 bridgehead atoms. The van der Waals surface area contributed by atoms with Crippen LogP contribution < -0.4 is 16.4 Å². The van der Waals surface area contributed by atoms with Crippen molar-refractivity contribution in [1.82, 2.24) is 19.4 Å². The van der Waals surface area contributed by atoms with E-state index in [1.165, 1.54) is 61.2 Å². The van der Waals surface area contributed by atoms with Gasteiger partial charge in [0.05, 0.1) is 42.9 Å². The molecule has 0 unspecified atom stereocenters. The normalized spacial score (nSPS) is 13.6. The number of carboxylic acids is 1. The van der Waals surface area contributed by atoms with Crippen LogP contribution in [0.3, 0.4) is 0 Å². The highest BCUT2D eigenvalue weighted by Gasteiger charge is 2.38. The number of piperidine rings is 2. The molecule has 2 aliphatic heterocycles. The fourth-order valence-electron chi connectivity index (χ4n) is 8.75. The molecule has 2 aromatic heterocycles. The molecule has 2 aliphatic rings. The van der Waals surface area contributed by atoms with Gasteiger partial charge < -0.3 is 24.5 Å². The molecule has 4 aromatic carbocycles. The monoisotopic (exact) mass is 1000 g/mol. The number of benzene rings is 4. The van der Waals surface area contributed by atoms with Crippen LogP contribution in [0.4, 0.5) is 37.7 Å². The molecule has 0 atom stereocenters. The first-order valence-electron chi connectivity index (χ1n) is 23.6. The maximum atomic E-state index is 13.8. The standard InChI is InChI=1S/C28H26F3N3O2.C23H17F3N2O3.C5H11N/c1-18-7-8-22(19(2)15-18)17-34-24(16-23(28(29,30)31)25(32-3)27(34)36)20-9-11-21(12-10-20)26(35)33-13-5-4-6-14-33;1-13-4-5-17(14(2)10-13)12-28-19(15-6-8-16(9-7-15)22(30)31)11-18(23(24,25)26)20(27-3)21(28)29;1-2-4-6-5-3-1/h7-12,15-16H,4-6,13-14,17H2,1-2H3;4-11H,12H2,1-2H3,(H,30,31);6H,1-5H2. The van der Waals surface area contributed by atoms with Gasteiger partial charge >= 0.3 is 18.3 Å². The largest absolute Gasteiger partial charge is 0.478 e. The highest BCUT2D eigenvalue weighted by atomic mass is 19.4. The number of carboxylic acid groups (broad SMARTS) is 1. The van der Waals surface area contributed by atoms with Crippen LogP contribution >= 0.6 is 0 Å². The summed E-state index contributed by atoms with van der Waals surface area (Å²) >= 11 is 0. The fraction of sp³-hybridized carbons (Fsp3) is 0.321. The molecule has 6 aromatic rings. The number of nitrogens with zero attached hydrogens (tertiary/aromatic N) is 5. The Bertz CT molecular complexity index is 3180. The molecule has 2 fully saturated rings. The summed E-state index contributed by atoms with van der Waals surface area (Å²) < 4.78 is 84.5. The number of pyridine rings is 2. The quantitative estimate of drug-likeness (QED) is 0.116. The zero-order chi connectivity index (χ0) is 53.2. The highest BCUT2D eigenvalue weighted by Crippen LogP contribution is 2.39. The number of aromatic carboxylic acids is 1. The van der Waals surface area contributed by atoms with E-state index < -0.39 is 51.9 Å². The first-order valence-corrected chi connectivity index (χ1v) is 23.6. The molecule has 11 nitrogen and oxygen atoms in total. The van der Waals surface area contributed by atoms with Crippen molar-refractivity contribution >= 4 is 23.3 Å². The van der Waals surface area contributed by atoms with Gasteiger partial charge in [0.1, 0.15) is 0 Å². The number of aryl methyl sites for hydroxylation is 4. The van der Waals surface area contributed by atoms with Gasteiger partial charge in [-0.25, -0.2) is 14.5 Å². The van der Waals surface area contributed by atoms with Crippen LogP contribution in [0.1, 0.15) is 104 Å². The lowest BCUT2D eigenvalue weighted by atomic mass is 10.0. The number of aromatic nitrogens is 2. The molecule has 0 aliphatic carbocycles. The Morgan fingerprint density at radius 1 is 0.575 bits per heavy atom. The summed E-state index contributed by atoms with van der Waals surface area (Å²) in [5.41, 5.74) is -0.378. The Morgan fingerprint density at radius 2 is 0.973 bits per heavy atom. The second-order valence-electron chi connectivity index (χ2n) is 18.1. The van der Waals surface area contributed by atoms with Crippen molar-refractivity contribution in [2.45, 2.75) is 91.7 Å². The van der Waals surface area contributed by atoms with Gasteiger partial charge in [0.15, 0.2) is 0 Å². The van der Waals surface area contributed by atoms with E-state index in [0.29, 0.717) is 29.8 Å². The predicted molar refractivity (Wildman–Crippen MR) is 268 cm³/mol. The molecule has 2 saturated heterocycles. The third kappa shape index (κ3) is 13.4. The first-order chi connectivity index (χ1) is 34.6. The van der Waals surface area contributed by atoms with Crippen molar-refractivity contribution in [2.75, 3.05) is 26.2 Å². The van der Waals surface area contributed by atoms with E-state index in [-0.39, 0.29) is 41.5 Å². The van der Waals surface area contributed by atoms with Gasteiger partial charge in [0, 0.05) is 30.0 Å². The summed E-state index contributed by atoms with van der Waals surface area (Å²) in [4.78, 5) is 57.7. The Labute approximate surface area is 419 Å². The van der Waals surface area contributed by atoms with Crippen LogP contribution in [0, 0.1) is 40.8 Å². The molecule has 0 spiro atoms. The van der Waals surface area contributed by atoms with E-state index in [9.17, 15) is 45.5 Å². The van der Waals surface area contributed by atoms with Crippen LogP contribution in [0.15, 0.2) is 107 Å². The maximum Gasteiger partial charge on any atom is 0.407 e. The molecular weight excluding hydrogens is 951 g/mol. The summed E-state index contributed by atoms with van der Waals surface area (Å²) in [5.74, 6) is -1.30. The van der Waals surface area contributed by atoms with E-state index in [2.05, 4.69) is 15.0 Å². The van der Waals surface area contributed by atoms with Gasteiger partial charge in [0.25, 0.3) is 28.4 Å². The molecule has 8 rings (SSSR count). The van der Waals surface area contributed by atoms with Crippen LogP contribution in [0.5, 0.6) is 0 Å². The summed E-state index contributed by atoms with van der Waals surface area (Å²) in [7, 11) is 0. The Hall–Kier alpha value is -7.76. The van der Waals surface area contributed by atoms with Gasteiger partial charge in [-0.3, -0.25) is 14.4 Å². The second kappa shape index (κ2) is 23.6. The number of amides is 1. The van der Waals surface area contributed by atoms with Crippen molar-refractivity contribution in [2.24, 2.45) is 0 Å². The van der Waals surface area contributed by atoms with Crippen LogP contribution in [-0.4, -0.2) is 57.2 Å². The van der Waals surface area contributed by atoms with Gasteiger partial charge in [-0.2, -0.15) is 26.3 Å². The number of likely N-dealkylation sites (tertiary alicyclic amines) is 1. The SMILES string of the molecule is C1CCNCC1.[C-]#[N+]c1c(C(F)(F)F)cc(-c2ccc(C(=O)N3CCCCC3)cc2)n(Cc2ccc(C)cc2C)c1=O.[C-]#[N+]c1c(C(F)(F)F)cc(-c2ccc(C(=O)O)cc2)n(Cc2ccc(C)cc2C)c1=O. The molecule has 17 heteroatoms. The Kier molecular flexibility index (Phi) is 17.7. The third-order valence-electron chi connectivity index (χ3n) is 12.7. The Balaban J connectivity index is 0.000000215. The van der Waals surface area contributed by atoms with Gasteiger partial charge in [-0.15, -0.1) is 0 Å². The van der Waals surface area contributed by atoms with Gasteiger partial charge in [-0.05, 0) is 143 Å². The average Bonchev–Trinajstić information content (AvgIpc) is 3.36. The zero-order valence-corrected chi connectivity index (χ0v) is 40.8. The third-order valence-corrected chi connectivity index (χ3v) is 12.7. The van der Waals surface area contributed by atoms with Crippen LogP contribution in [0.25, 0.3) is 32.2 Å². The number of hydrogen-bond donors (Lipinski definition) is 2. The lowest BCUT2D eigenvalue weighted by Gasteiger charge is -2.26. The summed E-state index contributed by atoms with van der Waals surface area (Å²) in [6, 6.07) is 24.2. The van der Waals surface area contributed by atoms with E-state index >= 15 is 0 Å². The van der Waals surface area contributed by atoms with E-state index in [0.717, 1.165) is 63.8 Å². The Morgan fingerprint density at radius 3 is 1.30 bits per heavy atom. The van der Waals surface area contributed by atoms with E-state index in [4.69, 9.17) is 18.3 Å². The van der Waals surface area contributed by atoms with E-state index in [1.807, 2.05) is 58.0 Å². The first kappa shape index (κ1) is 54.6. The predicted octanol–water partition coefficient (Wildman–Crippen LogP) is 12.6. The van der Waals surface area contributed by atoms with E-state index in [1.54, 1.807) is 35.2 Å². The molecule has 0 radical (unpaired) electrons. The van der Waals surface area contributed by atoms with Gasteiger partial charge in [-0.1, -0.05) is 78.2 Å². The van der Waals surface area contributed by atoms with Crippen molar-refractivity contribution in [1.29, 1.82) is 0 Å². The second-order valence-corrected chi connectivity index (χ2v) is 18.1. The molecule has 1 amide bonds. The summed E-state index contributed by atoms with van der Waals surface area (Å²) in [6.07, 6.45) is -2.56. The molecule has 2 N–H and O–H groups in total. The number of halogens is 6. The highest BCUT2D eigenvalue weighted by molar-refractivity contribution is 5.94. The molecule has 73 heavy (non-hydrogen) atoms. The number of nitrogens with one attached hydrogen (secondary N) is 1. The minimum atomic E-state index is -4.90. The van der Waals surface area contributed by atoms with Crippen molar-refractivity contribution in [3.63, 3.8) is 0 Å². The minimum absolute atomic E-state index is 0.00932. The van der Waals surface area contributed by atoms with Crippen LogP contribution in [0.2, 0.25) is 0 Å². The molecule has 4 heterocycles. The summed E-state index contributed by atoms with van der Waals surface area (Å²) in [6.45, 7) is 25.8. The van der Waals surface area contributed by atoms with Crippen molar-refractivity contribution < 1.29 is 41.0 Å². The smallest absolute Gasteiger partial charge is 0.407 e. The number of carbonyl (C=O) groups excluding carboxylic acids is 1. The molecule has 380 valence electrons. The van der Waals surface area contributed by atoms with Gasteiger partial charge in [0.2, 0.25) is 0 Å². The number of hydrogen-bond acceptors (Lipinski definition) is 5.